The van der Waals surface area contributed by atoms with Gasteiger partial charge in [0.05, 0.1) is 4.90 Å². The lowest BCUT2D eigenvalue weighted by molar-refractivity contribution is 0.0643. The molecule has 1 aromatic heterocycles. The molecule has 0 aliphatic carbocycles. The monoisotopic (exact) mass is 441 g/mol. The van der Waals surface area contributed by atoms with Crippen molar-refractivity contribution in [1.29, 1.82) is 0 Å². The van der Waals surface area contributed by atoms with E-state index in [1.807, 2.05) is 24.3 Å². The zero-order chi connectivity index (χ0) is 22.2. The van der Waals surface area contributed by atoms with Crippen molar-refractivity contribution in [3.05, 3.63) is 59.9 Å². The molecule has 4 rings (SSSR count). The summed E-state index contributed by atoms with van der Waals surface area (Å²) in [6, 6.07) is 13.5. The van der Waals surface area contributed by atoms with Gasteiger partial charge in [-0.05, 0) is 36.8 Å². The zero-order valence-electron chi connectivity index (χ0n) is 17.3. The number of hydrogen-bond acceptors (Lipinski definition) is 5. The molecule has 0 saturated carbocycles. The second-order valence-corrected chi connectivity index (χ2v) is 9.62. The van der Waals surface area contributed by atoms with Gasteiger partial charge in [0.15, 0.2) is 15.6 Å². The number of nitrogens with zero attached hydrogens (tertiary/aromatic N) is 2. The van der Waals surface area contributed by atoms with Crippen LogP contribution in [0.15, 0.2) is 57.8 Å². The van der Waals surface area contributed by atoms with Crippen LogP contribution in [0.1, 0.15) is 16.1 Å². The maximum atomic E-state index is 12.8. The molecule has 1 aliphatic rings. The van der Waals surface area contributed by atoms with Crippen LogP contribution >= 0.6 is 0 Å². The van der Waals surface area contributed by atoms with Crippen molar-refractivity contribution in [2.75, 3.05) is 37.8 Å². The Morgan fingerprint density at radius 1 is 0.968 bits per heavy atom. The molecule has 3 amide bonds. The van der Waals surface area contributed by atoms with Crippen LogP contribution in [0.2, 0.25) is 0 Å². The highest BCUT2D eigenvalue weighted by atomic mass is 32.2. The Labute approximate surface area is 180 Å². The van der Waals surface area contributed by atoms with Crippen LogP contribution in [0, 0.1) is 6.92 Å². The van der Waals surface area contributed by atoms with Gasteiger partial charge in [-0.2, -0.15) is 0 Å². The number of carbonyl (C=O) groups is 2. The maximum Gasteiger partial charge on any atom is 0.321 e. The van der Waals surface area contributed by atoms with Crippen LogP contribution in [-0.4, -0.2) is 62.6 Å². The molecule has 8 nitrogen and oxygen atoms in total. The Bertz CT molecular complexity index is 1220. The van der Waals surface area contributed by atoms with Crippen LogP contribution in [0.4, 0.5) is 10.5 Å². The van der Waals surface area contributed by atoms with Crippen LogP contribution in [-0.2, 0) is 9.84 Å². The molecular weight excluding hydrogens is 418 g/mol. The van der Waals surface area contributed by atoms with Gasteiger partial charge in [0, 0.05) is 43.5 Å². The largest absolute Gasteiger partial charge is 0.451 e. The normalized spacial score (nSPS) is 14.6. The van der Waals surface area contributed by atoms with Crippen LogP contribution < -0.4 is 5.32 Å². The summed E-state index contributed by atoms with van der Waals surface area (Å²) in [5.74, 6) is 0.0836. The second-order valence-electron chi connectivity index (χ2n) is 7.61. The number of piperazine rings is 1. The number of rotatable bonds is 3. The van der Waals surface area contributed by atoms with Gasteiger partial charge >= 0.3 is 6.03 Å². The summed E-state index contributed by atoms with van der Waals surface area (Å²) in [6.07, 6.45) is 1.13. The molecule has 0 radical (unpaired) electrons. The molecule has 9 heteroatoms. The third kappa shape index (κ3) is 4.41. The maximum absolute atomic E-state index is 12.8. The van der Waals surface area contributed by atoms with Crippen molar-refractivity contribution in [3.8, 4) is 0 Å². The number of carbonyl (C=O) groups excluding carboxylic acids is 2. The number of benzene rings is 2. The van der Waals surface area contributed by atoms with Crippen LogP contribution in [0.5, 0.6) is 0 Å². The van der Waals surface area contributed by atoms with E-state index in [-0.39, 0.29) is 22.6 Å². The van der Waals surface area contributed by atoms with E-state index in [1.165, 1.54) is 12.1 Å². The van der Waals surface area contributed by atoms with E-state index in [0.717, 1.165) is 17.2 Å². The summed E-state index contributed by atoms with van der Waals surface area (Å²) in [4.78, 5) is 28.9. The number of anilines is 1. The Kier molecular flexibility index (Phi) is 5.45. The lowest BCUT2D eigenvalue weighted by Gasteiger charge is -2.34. The smallest absolute Gasteiger partial charge is 0.321 e. The number of amides is 3. The number of nitrogens with one attached hydrogen (secondary N) is 1. The fourth-order valence-electron chi connectivity index (χ4n) is 3.52. The quantitative estimate of drug-likeness (QED) is 0.673. The summed E-state index contributed by atoms with van der Waals surface area (Å²) in [6.45, 7) is 3.29. The summed E-state index contributed by atoms with van der Waals surface area (Å²) >= 11 is 0. The zero-order valence-corrected chi connectivity index (χ0v) is 18.1. The lowest BCUT2D eigenvalue weighted by atomic mass is 10.2. The van der Waals surface area contributed by atoms with Gasteiger partial charge in [-0.3, -0.25) is 4.79 Å². The molecule has 2 heterocycles. The number of fused-ring (bicyclic) bond motifs is 1. The highest BCUT2D eigenvalue weighted by Crippen LogP contribution is 2.22. The Hall–Kier alpha value is -3.33. The van der Waals surface area contributed by atoms with E-state index in [1.54, 1.807) is 28.9 Å². The van der Waals surface area contributed by atoms with Crippen molar-refractivity contribution >= 4 is 38.4 Å². The van der Waals surface area contributed by atoms with E-state index in [4.69, 9.17) is 4.42 Å². The first kappa shape index (κ1) is 20.9. The van der Waals surface area contributed by atoms with Gasteiger partial charge in [-0.15, -0.1) is 0 Å². The number of furan rings is 1. The van der Waals surface area contributed by atoms with Crippen molar-refractivity contribution in [2.45, 2.75) is 11.8 Å². The standard InChI is InChI=1S/C22H23N3O5S/c1-15-7-8-17(31(2,28)29)14-18(15)23-22(27)25-11-9-24(10-12-25)21(26)20-13-16-5-3-4-6-19(16)30-20/h3-8,13-14H,9-12H2,1-2H3,(H,23,27). The molecule has 1 aliphatic heterocycles. The first-order valence-electron chi connectivity index (χ1n) is 9.87. The molecule has 1 fully saturated rings. The molecule has 0 atom stereocenters. The van der Waals surface area contributed by atoms with Gasteiger partial charge in [-0.25, -0.2) is 13.2 Å². The van der Waals surface area contributed by atoms with Crippen LogP contribution in [0.25, 0.3) is 11.0 Å². The Balaban J connectivity index is 1.39. The van der Waals surface area contributed by atoms with Crippen molar-refractivity contribution in [1.82, 2.24) is 9.80 Å². The minimum Gasteiger partial charge on any atom is -0.451 e. The SMILES string of the molecule is Cc1ccc(S(C)(=O)=O)cc1NC(=O)N1CCN(C(=O)c2cc3ccccc3o2)CC1. The number of urea groups is 1. The fraction of sp³-hybridized carbons (Fsp3) is 0.273. The third-order valence-corrected chi connectivity index (χ3v) is 6.48. The summed E-state index contributed by atoms with van der Waals surface area (Å²) in [7, 11) is -3.37. The average Bonchev–Trinajstić information content (AvgIpc) is 3.18. The number of para-hydroxylation sites is 1. The molecule has 162 valence electrons. The molecule has 3 aromatic rings. The minimum absolute atomic E-state index is 0.148. The van der Waals surface area contributed by atoms with Gasteiger partial charge < -0.3 is 19.5 Å². The van der Waals surface area contributed by atoms with Crippen molar-refractivity contribution in [3.63, 3.8) is 0 Å². The van der Waals surface area contributed by atoms with E-state index >= 15 is 0 Å². The average molecular weight is 442 g/mol. The second kappa shape index (κ2) is 8.07. The number of sulfone groups is 1. The molecular formula is C22H23N3O5S. The molecule has 1 N–H and O–H groups in total. The first-order chi connectivity index (χ1) is 14.7. The number of aryl methyl sites for hydroxylation is 1. The van der Waals surface area contributed by atoms with Gasteiger partial charge in [-0.1, -0.05) is 24.3 Å². The highest BCUT2D eigenvalue weighted by molar-refractivity contribution is 7.90. The predicted molar refractivity (Wildman–Crippen MR) is 117 cm³/mol. The van der Waals surface area contributed by atoms with Gasteiger partial charge in [0.25, 0.3) is 5.91 Å². The van der Waals surface area contributed by atoms with E-state index < -0.39 is 9.84 Å². The lowest BCUT2D eigenvalue weighted by Crippen LogP contribution is -2.51. The minimum atomic E-state index is -3.37. The van der Waals surface area contributed by atoms with Crippen LogP contribution in [0.3, 0.4) is 0 Å². The molecule has 0 bridgehead atoms. The summed E-state index contributed by atoms with van der Waals surface area (Å²) in [5.41, 5.74) is 1.88. The van der Waals surface area contributed by atoms with Gasteiger partial charge in [0.1, 0.15) is 5.58 Å². The van der Waals surface area contributed by atoms with E-state index in [0.29, 0.717) is 37.4 Å². The number of hydrogen-bond donors (Lipinski definition) is 1. The summed E-state index contributed by atoms with van der Waals surface area (Å²) < 4.78 is 29.2. The molecule has 2 aromatic carbocycles. The fourth-order valence-corrected chi connectivity index (χ4v) is 4.16. The predicted octanol–water partition coefficient (Wildman–Crippen LogP) is 3.13. The molecule has 1 saturated heterocycles. The third-order valence-electron chi connectivity index (χ3n) is 5.37. The Morgan fingerprint density at radius 2 is 1.65 bits per heavy atom. The summed E-state index contributed by atoms with van der Waals surface area (Å²) in [5, 5.41) is 3.66. The van der Waals surface area contributed by atoms with Gasteiger partial charge in [0.2, 0.25) is 0 Å². The molecule has 31 heavy (non-hydrogen) atoms. The molecule has 0 spiro atoms. The Morgan fingerprint density at radius 3 is 2.32 bits per heavy atom. The van der Waals surface area contributed by atoms with Crippen molar-refractivity contribution < 1.29 is 22.4 Å². The highest BCUT2D eigenvalue weighted by Gasteiger charge is 2.27. The van der Waals surface area contributed by atoms with Crippen molar-refractivity contribution in [2.24, 2.45) is 0 Å². The first-order valence-corrected chi connectivity index (χ1v) is 11.8. The molecule has 0 unspecified atom stereocenters. The van der Waals surface area contributed by atoms with E-state index in [2.05, 4.69) is 5.32 Å². The van der Waals surface area contributed by atoms with E-state index in [9.17, 15) is 18.0 Å². The topological polar surface area (TPSA) is 99.9 Å².